The minimum absolute atomic E-state index is 0. The van der Waals surface area contributed by atoms with Gasteiger partial charge in [0.25, 0.3) is 0 Å². The fourth-order valence-corrected chi connectivity index (χ4v) is 4.49. The van der Waals surface area contributed by atoms with Gasteiger partial charge in [-0.25, -0.2) is 8.42 Å². The summed E-state index contributed by atoms with van der Waals surface area (Å²) >= 11 is 0. The summed E-state index contributed by atoms with van der Waals surface area (Å²) in [4.78, 5) is 4.59. The number of aromatic nitrogens is 1. The first-order chi connectivity index (χ1) is 10.4. The molecule has 3 rings (SSSR count). The minimum Gasteiger partial charge on any atom is -0.329 e. The number of hydrogen-bond donors (Lipinski definition) is 1. The second-order valence-corrected chi connectivity index (χ2v) is 7.97. The van der Waals surface area contributed by atoms with Crippen LogP contribution in [0, 0.1) is 12.8 Å². The monoisotopic (exact) mass is 355 g/mol. The molecule has 0 amide bonds. The summed E-state index contributed by atoms with van der Waals surface area (Å²) in [6.07, 6.45) is 3.80. The molecule has 1 fully saturated rings. The zero-order chi connectivity index (χ0) is 15.9. The van der Waals surface area contributed by atoms with Crippen molar-refractivity contribution in [3.8, 4) is 0 Å². The molecule has 1 unspecified atom stereocenters. The minimum atomic E-state index is -3.60. The van der Waals surface area contributed by atoms with E-state index in [9.17, 15) is 8.42 Å². The Kier molecular flexibility index (Phi) is 5.30. The first-order valence-corrected chi connectivity index (χ1v) is 8.92. The highest BCUT2D eigenvalue weighted by atomic mass is 35.5. The van der Waals surface area contributed by atoms with Gasteiger partial charge in [-0.2, -0.15) is 4.31 Å². The fourth-order valence-electron chi connectivity index (χ4n) is 2.90. The molecule has 1 aromatic carbocycles. The van der Waals surface area contributed by atoms with Crippen molar-refractivity contribution in [2.24, 2.45) is 11.7 Å². The number of fused-ring (bicyclic) bond motifs is 1. The highest BCUT2D eigenvalue weighted by molar-refractivity contribution is 7.89. The van der Waals surface area contributed by atoms with Crippen LogP contribution >= 0.6 is 12.4 Å². The van der Waals surface area contributed by atoms with Gasteiger partial charge in [0.2, 0.25) is 10.0 Å². The van der Waals surface area contributed by atoms with E-state index in [4.69, 9.17) is 5.73 Å². The number of para-hydroxylation sites is 1. The molecule has 0 bridgehead atoms. The molecule has 0 aliphatic heterocycles. The molecule has 2 N–H and O–H groups in total. The number of aryl methyl sites for hydroxylation is 1. The zero-order valence-electron chi connectivity index (χ0n) is 13.3. The molecule has 1 aliphatic carbocycles. The van der Waals surface area contributed by atoms with Crippen LogP contribution < -0.4 is 5.73 Å². The van der Waals surface area contributed by atoms with Crippen molar-refractivity contribution < 1.29 is 8.42 Å². The summed E-state index contributed by atoms with van der Waals surface area (Å²) < 4.78 is 27.4. The van der Waals surface area contributed by atoms with Gasteiger partial charge in [-0.05, 0) is 43.4 Å². The molecule has 2 aromatic rings. The van der Waals surface area contributed by atoms with Crippen molar-refractivity contribution in [3.63, 3.8) is 0 Å². The van der Waals surface area contributed by atoms with Gasteiger partial charge >= 0.3 is 0 Å². The third-order valence-electron chi connectivity index (χ3n) is 4.34. The van der Waals surface area contributed by atoms with Crippen molar-refractivity contribution in [2.45, 2.75) is 30.7 Å². The van der Waals surface area contributed by atoms with E-state index in [-0.39, 0.29) is 23.3 Å². The Bertz CT molecular complexity index is 806. The van der Waals surface area contributed by atoms with Gasteiger partial charge in [0.1, 0.15) is 4.90 Å². The number of hydrogen-bond acceptors (Lipinski definition) is 4. The van der Waals surface area contributed by atoms with Crippen LogP contribution in [0.2, 0.25) is 0 Å². The quantitative estimate of drug-likeness (QED) is 0.893. The van der Waals surface area contributed by atoms with Gasteiger partial charge in [0.15, 0.2) is 0 Å². The Labute approximate surface area is 143 Å². The van der Waals surface area contributed by atoms with Crippen molar-refractivity contribution in [2.75, 3.05) is 13.6 Å². The molecular formula is C16H22ClN3O2S. The molecule has 1 saturated carbocycles. The van der Waals surface area contributed by atoms with Crippen LogP contribution in [-0.4, -0.2) is 37.3 Å². The summed E-state index contributed by atoms with van der Waals surface area (Å²) in [5.74, 6) is 0.384. The van der Waals surface area contributed by atoms with Crippen LogP contribution in [0.4, 0.5) is 0 Å². The Morgan fingerprint density at radius 3 is 2.70 bits per heavy atom. The van der Waals surface area contributed by atoms with E-state index < -0.39 is 10.0 Å². The standard InChI is InChI=1S/C16H21N3O2S.ClH/c1-11-8-13-4-3-5-15(16(13)18-10-11)22(20,21)19(2)14(9-17)12-6-7-12;/h3-5,8,10,12,14H,6-7,9,17H2,1-2H3;1H. The Hall–Kier alpha value is -1.21. The van der Waals surface area contributed by atoms with Gasteiger partial charge in [0.05, 0.1) is 5.52 Å². The number of nitrogens with two attached hydrogens (primary N) is 1. The molecule has 126 valence electrons. The maximum atomic E-state index is 13.0. The number of nitrogens with zero attached hydrogens (tertiary/aromatic N) is 2. The molecule has 0 radical (unpaired) electrons. The lowest BCUT2D eigenvalue weighted by Crippen LogP contribution is -2.43. The van der Waals surface area contributed by atoms with Crippen LogP contribution in [0.15, 0.2) is 35.4 Å². The van der Waals surface area contributed by atoms with Crippen molar-refractivity contribution in [1.29, 1.82) is 0 Å². The van der Waals surface area contributed by atoms with E-state index in [0.29, 0.717) is 18.0 Å². The van der Waals surface area contributed by atoms with Gasteiger partial charge in [-0.3, -0.25) is 4.98 Å². The van der Waals surface area contributed by atoms with Crippen LogP contribution in [0.5, 0.6) is 0 Å². The normalized spacial score (nSPS) is 16.3. The number of sulfonamides is 1. The van der Waals surface area contributed by atoms with E-state index in [1.54, 1.807) is 25.4 Å². The lowest BCUT2D eigenvalue weighted by Gasteiger charge is -2.26. The summed E-state index contributed by atoms with van der Waals surface area (Å²) in [7, 11) is -1.98. The third kappa shape index (κ3) is 3.35. The first kappa shape index (κ1) is 18.1. The van der Waals surface area contributed by atoms with Gasteiger partial charge in [-0.1, -0.05) is 12.1 Å². The molecule has 1 heterocycles. The SMILES string of the molecule is Cc1cnc2c(S(=O)(=O)N(C)C(CN)C3CC3)cccc2c1.Cl. The number of pyridine rings is 1. The van der Waals surface area contributed by atoms with Gasteiger partial charge in [0, 0.05) is 31.2 Å². The molecule has 5 nitrogen and oxygen atoms in total. The molecule has 1 aliphatic rings. The third-order valence-corrected chi connectivity index (χ3v) is 6.26. The predicted octanol–water partition coefficient (Wildman–Crippen LogP) is 2.32. The van der Waals surface area contributed by atoms with Crippen LogP contribution in [-0.2, 0) is 10.0 Å². The second kappa shape index (κ2) is 6.73. The number of likely N-dealkylation sites (N-methyl/N-ethyl adjacent to an activating group) is 1. The van der Waals surface area contributed by atoms with Crippen LogP contribution in [0.3, 0.4) is 0 Å². The summed E-state index contributed by atoms with van der Waals surface area (Å²) in [6, 6.07) is 7.08. The lowest BCUT2D eigenvalue weighted by molar-refractivity contribution is 0.341. The Morgan fingerprint density at radius 1 is 1.39 bits per heavy atom. The van der Waals surface area contributed by atoms with E-state index in [1.165, 1.54) is 4.31 Å². The molecule has 1 aromatic heterocycles. The summed E-state index contributed by atoms with van der Waals surface area (Å²) in [5.41, 5.74) is 7.33. The summed E-state index contributed by atoms with van der Waals surface area (Å²) in [6.45, 7) is 2.29. The average molecular weight is 356 g/mol. The number of benzene rings is 1. The first-order valence-electron chi connectivity index (χ1n) is 7.48. The maximum Gasteiger partial charge on any atom is 0.245 e. The van der Waals surface area contributed by atoms with E-state index in [0.717, 1.165) is 23.8 Å². The largest absolute Gasteiger partial charge is 0.329 e. The average Bonchev–Trinajstić information content (AvgIpc) is 3.31. The van der Waals surface area contributed by atoms with Crippen molar-refractivity contribution in [3.05, 3.63) is 36.0 Å². The lowest BCUT2D eigenvalue weighted by atomic mass is 10.2. The number of rotatable bonds is 5. The van der Waals surface area contributed by atoms with Crippen molar-refractivity contribution in [1.82, 2.24) is 9.29 Å². The zero-order valence-corrected chi connectivity index (χ0v) is 14.9. The molecule has 1 atom stereocenters. The topological polar surface area (TPSA) is 76.3 Å². The molecule has 23 heavy (non-hydrogen) atoms. The molecule has 0 spiro atoms. The number of halogens is 1. The van der Waals surface area contributed by atoms with Gasteiger partial charge < -0.3 is 5.73 Å². The van der Waals surface area contributed by atoms with E-state index in [1.807, 2.05) is 19.1 Å². The van der Waals surface area contributed by atoms with E-state index in [2.05, 4.69) is 4.98 Å². The second-order valence-electron chi connectivity index (χ2n) is 6.00. The molecule has 0 saturated heterocycles. The predicted molar refractivity (Wildman–Crippen MR) is 94.2 cm³/mol. The van der Waals surface area contributed by atoms with Crippen LogP contribution in [0.1, 0.15) is 18.4 Å². The maximum absolute atomic E-state index is 13.0. The highest BCUT2D eigenvalue weighted by Gasteiger charge is 2.38. The highest BCUT2D eigenvalue weighted by Crippen LogP contribution is 2.36. The smallest absolute Gasteiger partial charge is 0.245 e. The Morgan fingerprint density at radius 2 is 2.09 bits per heavy atom. The van der Waals surface area contributed by atoms with Crippen molar-refractivity contribution >= 4 is 33.3 Å². The Balaban J connectivity index is 0.00000192. The molecule has 7 heteroatoms. The van der Waals surface area contributed by atoms with Crippen LogP contribution in [0.25, 0.3) is 10.9 Å². The van der Waals surface area contributed by atoms with Gasteiger partial charge in [-0.15, -0.1) is 12.4 Å². The fraction of sp³-hybridized carbons (Fsp3) is 0.438. The van der Waals surface area contributed by atoms with E-state index >= 15 is 0 Å². The summed E-state index contributed by atoms with van der Waals surface area (Å²) in [5, 5.41) is 0.838. The molecular weight excluding hydrogens is 334 g/mol.